The summed E-state index contributed by atoms with van der Waals surface area (Å²) >= 11 is 1.47. The van der Waals surface area contributed by atoms with E-state index < -0.39 is 4.92 Å². The zero-order chi connectivity index (χ0) is 22.9. The Bertz CT molecular complexity index is 1570. The molecule has 0 saturated carbocycles. The molecule has 0 aliphatic carbocycles. The molecule has 7 nitrogen and oxygen atoms in total. The van der Waals surface area contributed by atoms with Crippen molar-refractivity contribution in [1.29, 1.82) is 5.26 Å². The van der Waals surface area contributed by atoms with E-state index in [2.05, 4.69) is 11.1 Å². The predicted molar refractivity (Wildman–Crippen MR) is 128 cm³/mol. The minimum Gasteiger partial charge on any atom is -0.477 e. The monoisotopic (exact) mass is 452 g/mol. The highest BCUT2D eigenvalue weighted by molar-refractivity contribution is 7.25. The second kappa shape index (κ2) is 8.30. The maximum atomic E-state index is 11.2. The lowest BCUT2D eigenvalue weighted by Crippen LogP contribution is -2.00. The molecule has 5 rings (SSSR count). The molecule has 0 fully saturated rings. The van der Waals surface area contributed by atoms with Gasteiger partial charge in [-0.05, 0) is 24.6 Å². The van der Waals surface area contributed by atoms with E-state index in [0.717, 1.165) is 26.0 Å². The van der Waals surface area contributed by atoms with Crippen LogP contribution in [-0.4, -0.2) is 21.5 Å². The first-order valence-electron chi connectivity index (χ1n) is 10.2. The number of hydrogen-bond donors (Lipinski definition) is 0. The second-order valence-electron chi connectivity index (χ2n) is 7.21. The van der Waals surface area contributed by atoms with E-state index in [9.17, 15) is 15.4 Å². The van der Waals surface area contributed by atoms with Crippen LogP contribution in [0.1, 0.15) is 12.5 Å². The Labute approximate surface area is 192 Å². The number of non-ortho nitro benzene ring substituents is 1. The molecule has 0 aliphatic heterocycles. The highest BCUT2D eigenvalue weighted by atomic mass is 32.1. The number of benzene rings is 2. The topological polar surface area (TPSA) is 102 Å². The molecule has 0 radical (unpaired) electrons. The van der Waals surface area contributed by atoms with Gasteiger partial charge in [0, 0.05) is 28.6 Å². The highest BCUT2D eigenvalue weighted by Gasteiger charge is 2.22. The minimum absolute atomic E-state index is 0.00402. The normalized spacial score (nSPS) is 10.9. The summed E-state index contributed by atoms with van der Waals surface area (Å²) in [5.74, 6) is 0.303. The SMILES string of the molecule is CCOc1nc2sc3ccc(-c4cccc([N+](=O)[O-])c4)nc3c2c(-c2ccccc2)c1C#N. The summed E-state index contributed by atoms with van der Waals surface area (Å²) in [5.41, 5.74) is 3.90. The lowest BCUT2D eigenvalue weighted by molar-refractivity contribution is -0.384. The number of hydrogen-bond acceptors (Lipinski definition) is 7. The molecule has 33 heavy (non-hydrogen) atoms. The van der Waals surface area contributed by atoms with E-state index in [4.69, 9.17) is 9.72 Å². The number of nitro benzene ring substituents is 1. The zero-order valence-corrected chi connectivity index (χ0v) is 18.3. The summed E-state index contributed by atoms with van der Waals surface area (Å²) in [6, 6.07) is 22.1. The Balaban J connectivity index is 1.85. The molecule has 0 saturated heterocycles. The van der Waals surface area contributed by atoms with Crippen molar-refractivity contribution in [3.8, 4) is 34.3 Å². The first-order chi connectivity index (χ1) is 16.1. The summed E-state index contributed by atoms with van der Waals surface area (Å²) in [6.45, 7) is 2.24. The van der Waals surface area contributed by atoms with Crippen LogP contribution >= 0.6 is 11.3 Å². The number of nitriles is 1. The van der Waals surface area contributed by atoms with Crippen LogP contribution in [0, 0.1) is 21.4 Å². The van der Waals surface area contributed by atoms with Crippen LogP contribution in [-0.2, 0) is 0 Å². The third-order valence-corrected chi connectivity index (χ3v) is 6.28. The van der Waals surface area contributed by atoms with E-state index in [1.807, 2.05) is 49.4 Å². The van der Waals surface area contributed by atoms with Gasteiger partial charge in [-0.1, -0.05) is 42.5 Å². The molecule has 0 amide bonds. The smallest absolute Gasteiger partial charge is 0.270 e. The number of rotatable bonds is 5. The van der Waals surface area contributed by atoms with Crippen molar-refractivity contribution in [2.75, 3.05) is 6.61 Å². The molecule has 0 spiro atoms. The van der Waals surface area contributed by atoms with Crippen LogP contribution in [0.3, 0.4) is 0 Å². The van der Waals surface area contributed by atoms with Gasteiger partial charge >= 0.3 is 0 Å². The fourth-order valence-corrected chi connectivity index (χ4v) is 4.84. The van der Waals surface area contributed by atoms with Gasteiger partial charge in [0.15, 0.2) is 0 Å². The van der Waals surface area contributed by atoms with E-state index >= 15 is 0 Å². The second-order valence-corrected chi connectivity index (χ2v) is 8.24. The predicted octanol–water partition coefficient (Wildman–Crippen LogP) is 6.36. The van der Waals surface area contributed by atoms with Crippen molar-refractivity contribution in [2.24, 2.45) is 0 Å². The number of aromatic nitrogens is 2. The summed E-state index contributed by atoms with van der Waals surface area (Å²) in [6.07, 6.45) is 0. The van der Waals surface area contributed by atoms with Gasteiger partial charge in [0.1, 0.15) is 16.5 Å². The Morgan fingerprint density at radius 3 is 2.58 bits per heavy atom. The first kappa shape index (κ1) is 20.5. The van der Waals surface area contributed by atoms with Crippen LogP contribution < -0.4 is 4.74 Å². The van der Waals surface area contributed by atoms with Crippen molar-refractivity contribution in [2.45, 2.75) is 6.92 Å². The number of fused-ring (bicyclic) bond motifs is 3. The van der Waals surface area contributed by atoms with Crippen molar-refractivity contribution in [1.82, 2.24) is 9.97 Å². The van der Waals surface area contributed by atoms with Gasteiger partial charge in [-0.15, -0.1) is 11.3 Å². The van der Waals surface area contributed by atoms with Crippen molar-refractivity contribution < 1.29 is 9.66 Å². The third kappa shape index (κ3) is 3.54. The minimum atomic E-state index is -0.423. The third-order valence-electron chi connectivity index (χ3n) is 5.24. The molecule has 0 aliphatic rings. The van der Waals surface area contributed by atoms with Crippen LogP contribution in [0.25, 0.3) is 42.8 Å². The molecule has 8 heteroatoms. The molecule has 5 aromatic rings. The van der Waals surface area contributed by atoms with Crippen molar-refractivity contribution in [3.63, 3.8) is 0 Å². The lowest BCUT2D eigenvalue weighted by Gasteiger charge is -2.11. The maximum absolute atomic E-state index is 11.2. The summed E-state index contributed by atoms with van der Waals surface area (Å²) < 4.78 is 6.62. The van der Waals surface area contributed by atoms with Crippen molar-refractivity contribution in [3.05, 3.63) is 82.4 Å². The number of thiophene rings is 1. The Morgan fingerprint density at radius 2 is 1.85 bits per heavy atom. The van der Waals surface area contributed by atoms with E-state index in [1.165, 1.54) is 23.5 Å². The Hall–Kier alpha value is -4.35. The van der Waals surface area contributed by atoms with Gasteiger partial charge in [0.2, 0.25) is 5.88 Å². The van der Waals surface area contributed by atoms with E-state index in [0.29, 0.717) is 34.8 Å². The van der Waals surface area contributed by atoms with Gasteiger partial charge in [0.05, 0.1) is 27.4 Å². The van der Waals surface area contributed by atoms with Gasteiger partial charge in [-0.3, -0.25) is 10.1 Å². The number of nitrogens with zero attached hydrogens (tertiary/aromatic N) is 4. The zero-order valence-electron chi connectivity index (χ0n) is 17.5. The van der Waals surface area contributed by atoms with Gasteiger partial charge in [-0.2, -0.15) is 5.26 Å². The lowest BCUT2D eigenvalue weighted by atomic mass is 9.98. The molecular weight excluding hydrogens is 436 g/mol. The largest absolute Gasteiger partial charge is 0.477 e. The molecular formula is C25H16N4O3S. The molecule has 3 heterocycles. The molecule has 0 N–H and O–H groups in total. The fourth-order valence-electron chi connectivity index (χ4n) is 3.83. The average molecular weight is 452 g/mol. The molecule has 0 unspecified atom stereocenters. The fraction of sp³-hybridized carbons (Fsp3) is 0.0800. The van der Waals surface area contributed by atoms with Crippen LogP contribution in [0.5, 0.6) is 5.88 Å². The molecule has 0 bridgehead atoms. The first-order valence-corrected chi connectivity index (χ1v) is 11.0. The summed E-state index contributed by atoms with van der Waals surface area (Å²) in [5, 5.41) is 22.0. The number of nitro groups is 1. The number of pyridine rings is 2. The molecule has 2 aromatic carbocycles. The van der Waals surface area contributed by atoms with E-state index in [-0.39, 0.29) is 5.69 Å². The van der Waals surface area contributed by atoms with Crippen LogP contribution in [0.15, 0.2) is 66.7 Å². The Kier molecular flexibility index (Phi) is 5.17. The maximum Gasteiger partial charge on any atom is 0.270 e. The van der Waals surface area contributed by atoms with Crippen molar-refractivity contribution >= 4 is 37.5 Å². The quantitative estimate of drug-likeness (QED) is 0.227. The van der Waals surface area contributed by atoms with Gasteiger partial charge < -0.3 is 4.74 Å². The molecule has 3 aromatic heterocycles. The van der Waals surface area contributed by atoms with E-state index in [1.54, 1.807) is 12.1 Å². The van der Waals surface area contributed by atoms with Crippen LogP contribution in [0.4, 0.5) is 5.69 Å². The average Bonchev–Trinajstić information content (AvgIpc) is 3.21. The molecule has 160 valence electrons. The standard InChI is InChI=1S/C25H16N4O3S/c1-2-32-24-18(14-26)21(15-7-4-3-5-8-15)22-23-20(33-25(22)28-24)12-11-19(27-23)16-9-6-10-17(13-16)29(30)31/h3-13H,2H2,1H3. The van der Waals surface area contributed by atoms with Gasteiger partial charge in [0.25, 0.3) is 5.69 Å². The number of ether oxygens (including phenoxy) is 1. The van der Waals surface area contributed by atoms with Crippen LogP contribution in [0.2, 0.25) is 0 Å². The highest BCUT2D eigenvalue weighted by Crippen LogP contribution is 2.43. The summed E-state index contributed by atoms with van der Waals surface area (Å²) in [7, 11) is 0. The Morgan fingerprint density at radius 1 is 1.06 bits per heavy atom. The summed E-state index contributed by atoms with van der Waals surface area (Å²) in [4.78, 5) is 21.0. The van der Waals surface area contributed by atoms with Gasteiger partial charge in [-0.25, -0.2) is 9.97 Å². The molecule has 0 atom stereocenters.